The molecule has 1 nitrogen and oxygen atoms in total. The van der Waals surface area contributed by atoms with Gasteiger partial charge in [0.1, 0.15) is 0 Å². The molecule has 0 saturated heterocycles. The molecule has 1 fully saturated rings. The highest BCUT2D eigenvalue weighted by molar-refractivity contribution is 5.32. The number of hydrogen-bond acceptors (Lipinski definition) is 1. The predicted octanol–water partition coefficient (Wildman–Crippen LogP) is 3.74. The molecule has 1 heteroatoms. The van der Waals surface area contributed by atoms with Gasteiger partial charge in [0, 0.05) is 6.54 Å². The van der Waals surface area contributed by atoms with Gasteiger partial charge in [0.25, 0.3) is 0 Å². The first-order chi connectivity index (χ1) is 8.67. The van der Waals surface area contributed by atoms with E-state index < -0.39 is 0 Å². The van der Waals surface area contributed by atoms with Gasteiger partial charge in [-0.2, -0.15) is 0 Å². The maximum absolute atomic E-state index is 3.71. The lowest BCUT2D eigenvalue weighted by Gasteiger charge is -2.25. The summed E-state index contributed by atoms with van der Waals surface area (Å²) in [6.07, 6.45) is 5.40. The fourth-order valence-corrected chi connectivity index (χ4v) is 3.42. The standard InChI is InChI=1S/C17H25N/c1-17(2)10-15(17)12-18-11-14-8-5-7-13-6-3-4-9-16(13)14/h3-4,6,9,14-15,18H,5,7-8,10-12H2,1-2H3. The largest absolute Gasteiger partial charge is 0.316 e. The van der Waals surface area contributed by atoms with Crippen molar-refractivity contribution in [2.45, 2.75) is 45.4 Å². The van der Waals surface area contributed by atoms with Crippen LogP contribution in [0.4, 0.5) is 0 Å². The molecule has 0 aromatic heterocycles. The molecule has 2 atom stereocenters. The van der Waals surface area contributed by atoms with Crippen molar-refractivity contribution in [2.24, 2.45) is 11.3 Å². The molecule has 2 aliphatic rings. The molecular weight excluding hydrogens is 218 g/mol. The minimum absolute atomic E-state index is 0.609. The summed E-state index contributed by atoms with van der Waals surface area (Å²) in [6.45, 7) is 7.15. The molecule has 0 amide bonds. The summed E-state index contributed by atoms with van der Waals surface area (Å²) in [4.78, 5) is 0. The molecule has 1 aromatic carbocycles. The first kappa shape index (κ1) is 12.2. The van der Waals surface area contributed by atoms with Gasteiger partial charge in [-0.05, 0) is 60.6 Å². The average Bonchev–Trinajstić information content (AvgIpc) is 2.97. The van der Waals surface area contributed by atoms with Gasteiger partial charge >= 0.3 is 0 Å². The molecule has 0 spiro atoms. The van der Waals surface area contributed by atoms with E-state index in [1.54, 1.807) is 11.1 Å². The van der Waals surface area contributed by atoms with Crippen molar-refractivity contribution in [3.05, 3.63) is 35.4 Å². The minimum atomic E-state index is 0.609. The lowest BCUT2D eigenvalue weighted by molar-refractivity contribution is 0.472. The summed E-state index contributed by atoms with van der Waals surface area (Å²) < 4.78 is 0. The Labute approximate surface area is 111 Å². The second-order valence-corrected chi connectivity index (χ2v) is 6.84. The number of nitrogens with one attached hydrogen (secondary N) is 1. The summed E-state index contributed by atoms with van der Waals surface area (Å²) >= 11 is 0. The van der Waals surface area contributed by atoms with Crippen molar-refractivity contribution in [1.82, 2.24) is 5.32 Å². The van der Waals surface area contributed by atoms with Gasteiger partial charge in [0.2, 0.25) is 0 Å². The molecule has 0 bridgehead atoms. The van der Waals surface area contributed by atoms with E-state index in [2.05, 4.69) is 43.4 Å². The third-order valence-electron chi connectivity index (χ3n) is 4.99. The zero-order valence-corrected chi connectivity index (χ0v) is 11.7. The quantitative estimate of drug-likeness (QED) is 0.849. The van der Waals surface area contributed by atoms with Crippen molar-refractivity contribution in [3.8, 4) is 0 Å². The van der Waals surface area contributed by atoms with E-state index in [0.29, 0.717) is 5.41 Å². The Bertz CT molecular complexity index is 421. The van der Waals surface area contributed by atoms with Gasteiger partial charge in [-0.1, -0.05) is 38.1 Å². The number of aryl methyl sites for hydroxylation is 1. The molecule has 1 N–H and O–H groups in total. The molecular formula is C17H25N. The van der Waals surface area contributed by atoms with Gasteiger partial charge in [0.05, 0.1) is 0 Å². The SMILES string of the molecule is CC1(C)CC1CNCC1CCCc2ccccc21. The topological polar surface area (TPSA) is 12.0 Å². The molecule has 0 aliphatic heterocycles. The molecule has 1 saturated carbocycles. The van der Waals surface area contributed by atoms with Crippen LogP contribution in [0.2, 0.25) is 0 Å². The summed E-state index contributed by atoms with van der Waals surface area (Å²) in [6, 6.07) is 9.02. The average molecular weight is 243 g/mol. The fourth-order valence-electron chi connectivity index (χ4n) is 3.42. The fraction of sp³-hybridized carbons (Fsp3) is 0.647. The molecule has 2 aliphatic carbocycles. The van der Waals surface area contributed by atoms with Crippen LogP contribution >= 0.6 is 0 Å². The highest BCUT2D eigenvalue weighted by Gasteiger charge is 2.44. The van der Waals surface area contributed by atoms with Crippen LogP contribution in [0.25, 0.3) is 0 Å². The number of hydrogen-bond donors (Lipinski definition) is 1. The Hall–Kier alpha value is -0.820. The van der Waals surface area contributed by atoms with Gasteiger partial charge in [0.15, 0.2) is 0 Å². The summed E-state index contributed by atoms with van der Waals surface area (Å²) in [5, 5.41) is 3.71. The Kier molecular flexibility index (Phi) is 3.19. The van der Waals surface area contributed by atoms with Crippen LogP contribution < -0.4 is 5.32 Å². The van der Waals surface area contributed by atoms with E-state index in [0.717, 1.165) is 11.8 Å². The van der Waals surface area contributed by atoms with Gasteiger partial charge < -0.3 is 5.32 Å². The van der Waals surface area contributed by atoms with Crippen LogP contribution in [0.1, 0.15) is 50.2 Å². The van der Waals surface area contributed by atoms with Gasteiger partial charge in [-0.25, -0.2) is 0 Å². The second kappa shape index (κ2) is 4.70. The van der Waals surface area contributed by atoms with Crippen LogP contribution in [0.3, 0.4) is 0 Å². The zero-order chi connectivity index (χ0) is 12.6. The zero-order valence-electron chi connectivity index (χ0n) is 11.7. The monoisotopic (exact) mass is 243 g/mol. The Balaban J connectivity index is 1.55. The molecule has 2 unspecified atom stereocenters. The first-order valence-corrected chi connectivity index (χ1v) is 7.45. The van der Waals surface area contributed by atoms with Crippen molar-refractivity contribution < 1.29 is 0 Å². The Morgan fingerprint density at radius 2 is 2.00 bits per heavy atom. The maximum atomic E-state index is 3.71. The minimum Gasteiger partial charge on any atom is -0.316 e. The van der Waals surface area contributed by atoms with Crippen LogP contribution in [-0.4, -0.2) is 13.1 Å². The molecule has 18 heavy (non-hydrogen) atoms. The van der Waals surface area contributed by atoms with Gasteiger partial charge in [-0.15, -0.1) is 0 Å². The molecule has 0 heterocycles. The highest BCUT2D eigenvalue weighted by atomic mass is 14.9. The van der Waals surface area contributed by atoms with E-state index in [1.807, 2.05) is 0 Å². The van der Waals surface area contributed by atoms with Crippen molar-refractivity contribution in [3.63, 3.8) is 0 Å². The first-order valence-electron chi connectivity index (χ1n) is 7.45. The number of benzene rings is 1. The lowest BCUT2D eigenvalue weighted by atomic mass is 9.83. The summed E-state index contributed by atoms with van der Waals surface area (Å²) in [5.41, 5.74) is 3.80. The van der Waals surface area contributed by atoms with E-state index in [4.69, 9.17) is 0 Å². The van der Waals surface area contributed by atoms with E-state index in [1.165, 1.54) is 38.8 Å². The van der Waals surface area contributed by atoms with Crippen LogP contribution in [0.5, 0.6) is 0 Å². The van der Waals surface area contributed by atoms with Crippen molar-refractivity contribution in [2.75, 3.05) is 13.1 Å². The van der Waals surface area contributed by atoms with Crippen LogP contribution in [0, 0.1) is 11.3 Å². The third-order valence-corrected chi connectivity index (χ3v) is 4.99. The van der Waals surface area contributed by atoms with Gasteiger partial charge in [-0.3, -0.25) is 0 Å². The number of fused-ring (bicyclic) bond motifs is 1. The Morgan fingerprint density at radius 1 is 1.22 bits per heavy atom. The summed E-state index contributed by atoms with van der Waals surface area (Å²) in [5.74, 6) is 1.66. The maximum Gasteiger partial charge on any atom is 0.00203 e. The third kappa shape index (κ3) is 2.47. The summed E-state index contributed by atoms with van der Waals surface area (Å²) in [7, 11) is 0. The van der Waals surface area contributed by atoms with E-state index in [-0.39, 0.29) is 0 Å². The van der Waals surface area contributed by atoms with E-state index in [9.17, 15) is 0 Å². The van der Waals surface area contributed by atoms with Crippen molar-refractivity contribution in [1.29, 1.82) is 0 Å². The normalized spacial score (nSPS) is 28.8. The molecule has 3 rings (SSSR count). The molecule has 1 aromatic rings. The van der Waals surface area contributed by atoms with E-state index >= 15 is 0 Å². The smallest absolute Gasteiger partial charge is 0.00203 e. The van der Waals surface area contributed by atoms with Crippen molar-refractivity contribution >= 4 is 0 Å². The van der Waals surface area contributed by atoms with Crippen LogP contribution in [-0.2, 0) is 6.42 Å². The Morgan fingerprint density at radius 3 is 2.78 bits per heavy atom. The number of rotatable bonds is 4. The molecule has 0 radical (unpaired) electrons. The lowest BCUT2D eigenvalue weighted by Crippen LogP contribution is -2.26. The van der Waals surface area contributed by atoms with Crippen LogP contribution in [0.15, 0.2) is 24.3 Å². The molecule has 98 valence electrons. The predicted molar refractivity (Wildman–Crippen MR) is 76.9 cm³/mol. The highest BCUT2D eigenvalue weighted by Crippen LogP contribution is 2.51. The second-order valence-electron chi connectivity index (χ2n) is 6.84.